The van der Waals surface area contributed by atoms with E-state index in [9.17, 15) is 4.79 Å². The second kappa shape index (κ2) is 5.89. The molecule has 1 aliphatic rings. The van der Waals surface area contributed by atoms with Gasteiger partial charge < -0.3 is 10.6 Å². The highest BCUT2D eigenvalue weighted by Crippen LogP contribution is 2.20. The van der Waals surface area contributed by atoms with Crippen molar-refractivity contribution >= 4 is 11.6 Å². The van der Waals surface area contributed by atoms with Crippen LogP contribution in [0.4, 0.5) is 5.69 Å². The molecule has 1 fully saturated rings. The van der Waals surface area contributed by atoms with Crippen LogP contribution >= 0.6 is 0 Å². The van der Waals surface area contributed by atoms with Crippen molar-refractivity contribution in [3.8, 4) is 0 Å². The molecule has 0 aliphatic heterocycles. The summed E-state index contributed by atoms with van der Waals surface area (Å²) < 4.78 is 0. The lowest BCUT2D eigenvalue weighted by molar-refractivity contribution is 0.0928. The van der Waals surface area contributed by atoms with E-state index in [0.29, 0.717) is 6.04 Å². The fraction of sp³-hybridized carbons (Fsp3) is 0.533. The van der Waals surface area contributed by atoms with Crippen LogP contribution in [0.25, 0.3) is 0 Å². The molecule has 98 valence electrons. The third kappa shape index (κ3) is 3.03. The van der Waals surface area contributed by atoms with Crippen LogP contribution in [-0.2, 0) is 0 Å². The summed E-state index contributed by atoms with van der Waals surface area (Å²) >= 11 is 0. The number of rotatable bonds is 3. The third-order valence-electron chi connectivity index (χ3n) is 3.63. The van der Waals surface area contributed by atoms with E-state index >= 15 is 0 Å². The Bertz CT molecular complexity index is 423. The minimum Gasteiger partial charge on any atom is -0.387 e. The molecular formula is C15H22N2O. The highest BCUT2D eigenvalue weighted by molar-refractivity contribution is 6.00. The second-order valence-electron chi connectivity index (χ2n) is 5.11. The van der Waals surface area contributed by atoms with Gasteiger partial charge in [0, 0.05) is 18.8 Å². The van der Waals surface area contributed by atoms with E-state index in [-0.39, 0.29) is 5.91 Å². The molecule has 3 nitrogen and oxygen atoms in total. The molecule has 0 spiro atoms. The second-order valence-corrected chi connectivity index (χ2v) is 5.11. The molecule has 0 aromatic heterocycles. The standard InChI is InChI=1S/C15H22N2O/c1-11-8-9-14(16-2)13(10-11)15(18)17-12-6-4-3-5-7-12/h8-10,12,16H,3-7H2,1-2H3,(H,17,18). The van der Waals surface area contributed by atoms with Gasteiger partial charge in [-0.05, 0) is 31.9 Å². The number of aryl methyl sites for hydroxylation is 1. The van der Waals surface area contributed by atoms with Gasteiger partial charge in [-0.3, -0.25) is 4.79 Å². The monoisotopic (exact) mass is 246 g/mol. The quantitative estimate of drug-likeness (QED) is 0.860. The van der Waals surface area contributed by atoms with Gasteiger partial charge in [0.2, 0.25) is 0 Å². The van der Waals surface area contributed by atoms with E-state index in [1.807, 2.05) is 32.2 Å². The predicted molar refractivity (Wildman–Crippen MR) is 75.1 cm³/mol. The molecule has 1 saturated carbocycles. The van der Waals surface area contributed by atoms with Gasteiger partial charge >= 0.3 is 0 Å². The summed E-state index contributed by atoms with van der Waals surface area (Å²) in [7, 11) is 1.85. The molecule has 2 N–H and O–H groups in total. The van der Waals surface area contributed by atoms with Crippen molar-refractivity contribution in [1.82, 2.24) is 5.32 Å². The molecule has 18 heavy (non-hydrogen) atoms. The first-order valence-electron chi connectivity index (χ1n) is 6.80. The van der Waals surface area contributed by atoms with Crippen LogP contribution in [0.3, 0.4) is 0 Å². The summed E-state index contributed by atoms with van der Waals surface area (Å²) in [4.78, 5) is 12.3. The van der Waals surface area contributed by atoms with Crippen LogP contribution in [0, 0.1) is 6.92 Å². The fourth-order valence-corrected chi connectivity index (χ4v) is 2.57. The van der Waals surface area contributed by atoms with Crippen molar-refractivity contribution in [2.75, 3.05) is 12.4 Å². The van der Waals surface area contributed by atoms with E-state index in [1.54, 1.807) is 0 Å². The summed E-state index contributed by atoms with van der Waals surface area (Å²) in [6, 6.07) is 6.29. The fourth-order valence-electron chi connectivity index (χ4n) is 2.57. The van der Waals surface area contributed by atoms with Gasteiger partial charge in [0.25, 0.3) is 5.91 Å². The van der Waals surface area contributed by atoms with Gasteiger partial charge in [0.05, 0.1) is 5.56 Å². The lowest BCUT2D eigenvalue weighted by Gasteiger charge is -2.23. The first-order chi connectivity index (χ1) is 8.70. The Morgan fingerprint density at radius 3 is 2.61 bits per heavy atom. The number of nitrogens with one attached hydrogen (secondary N) is 2. The van der Waals surface area contributed by atoms with Crippen molar-refractivity contribution < 1.29 is 4.79 Å². The molecule has 1 aromatic carbocycles. The van der Waals surface area contributed by atoms with Gasteiger partial charge in [-0.25, -0.2) is 0 Å². The van der Waals surface area contributed by atoms with E-state index in [1.165, 1.54) is 19.3 Å². The van der Waals surface area contributed by atoms with Crippen molar-refractivity contribution in [3.63, 3.8) is 0 Å². The van der Waals surface area contributed by atoms with Crippen LogP contribution in [0.5, 0.6) is 0 Å². The third-order valence-corrected chi connectivity index (χ3v) is 3.63. The molecule has 0 saturated heterocycles. The molecule has 2 rings (SSSR count). The molecule has 0 radical (unpaired) electrons. The molecule has 0 bridgehead atoms. The van der Waals surface area contributed by atoms with Gasteiger partial charge in [-0.1, -0.05) is 30.9 Å². The number of amides is 1. The van der Waals surface area contributed by atoms with E-state index in [4.69, 9.17) is 0 Å². The molecular weight excluding hydrogens is 224 g/mol. The Morgan fingerprint density at radius 2 is 1.94 bits per heavy atom. The lowest BCUT2D eigenvalue weighted by atomic mass is 9.95. The van der Waals surface area contributed by atoms with Crippen molar-refractivity contribution in [1.29, 1.82) is 0 Å². The molecule has 0 heterocycles. The van der Waals surface area contributed by atoms with E-state index < -0.39 is 0 Å². The Hall–Kier alpha value is -1.51. The maximum absolute atomic E-state index is 12.3. The number of carbonyl (C=O) groups excluding carboxylic acids is 1. The van der Waals surface area contributed by atoms with Gasteiger partial charge in [-0.15, -0.1) is 0 Å². The minimum atomic E-state index is 0.0509. The van der Waals surface area contributed by atoms with Gasteiger partial charge in [-0.2, -0.15) is 0 Å². The Balaban J connectivity index is 2.09. The summed E-state index contributed by atoms with van der Waals surface area (Å²) in [5.74, 6) is 0.0509. The predicted octanol–water partition coefficient (Wildman–Crippen LogP) is 3.10. The SMILES string of the molecule is CNc1ccc(C)cc1C(=O)NC1CCCCC1. The molecule has 1 amide bonds. The topological polar surface area (TPSA) is 41.1 Å². The lowest BCUT2D eigenvalue weighted by Crippen LogP contribution is -2.36. The van der Waals surface area contributed by atoms with E-state index in [2.05, 4.69) is 10.6 Å². The number of carbonyl (C=O) groups is 1. The molecule has 3 heteroatoms. The number of benzene rings is 1. The molecule has 0 unspecified atom stereocenters. The van der Waals surface area contributed by atoms with Crippen LogP contribution in [0.2, 0.25) is 0 Å². The smallest absolute Gasteiger partial charge is 0.253 e. The summed E-state index contributed by atoms with van der Waals surface area (Å²) in [5.41, 5.74) is 2.76. The Morgan fingerprint density at radius 1 is 1.22 bits per heavy atom. The van der Waals surface area contributed by atoms with Crippen molar-refractivity contribution in [2.24, 2.45) is 0 Å². The minimum absolute atomic E-state index is 0.0509. The average Bonchev–Trinajstić information content (AvgIpc) is 2.40. The van der Waals surface area contributed by atoms with Gasteiger partial charge in [0.1, 0.15) is 0 Å². The summed E-state index contributed by atoms with van der Waals surface area (Å²) in [6.07, 6.45) is 6.01. The highest BCUT2D eigenvalue weighted by Gasteiger charge is 2.18. The zero-order chi connectivity index (χ0) is 13.0. The molecule has 1 aliphatic carbocycles. The maximum atomic E-state index is 12.3. The van der Waals surface area contributed by atoms with Crippen LogP contribution in [0.15, 0.2) is 18.2 Å². The Kier molecular flexibility index (Phi) is 4.24. The number of hydrogen-bond acceptors (Lipinski definition) is 2. The Labute approximate surface area is 109 Å². The van der Waals surface area contributed by atoms with E-state index in [0.717, 1.165) is 29.7 Å². The number of anilines is 1. The zero-order valence-electron chi connectivity index (χ0n) is 11.3. The van der Waals surface area contributed by atoms with Crippen molar-refractivity contribution in [2.45, 2.75) is 45.1 Å². The summed E-state index contributed by atoms with van der Waals surface area (Å²) in [5, 5.41) is 6.24. The number of hydrogen-bond donors (Lipinski definition) is 2. The maximum Gasteiger partial charge on any atom is 0.253 e. The molecule has 0 atom stereocenters. The largest absolute Gasteiger partial charge is 0.387 e. The molecule has 1 aromatic rings. The first kappa shape index (κ1) is 12.9. The first-order valence-corrected chi connectivity index (χ1v) is 6.80. The van der Waals surface area contributed by atoms with Crippen LogP contribution in [-0.4, -0.2) is 19.0 Å². The average molecular weight is 246 g/mol. The van der Waals surface area contributed by atoms with Crippen LogP contribution < -0.4 is 10.6 Å². The van der Waals surface area contributed by atoms with Crippen molar-refractivity contribution in [3.05, 3.63) is 29.3 Å². The van der Waals surface area contributed by atoms with Gasteiger partial charge in [0.15, 0.2) is 0 Å². The normalized spacial score (nSPS) is 16.3. The highest BCUT2D eigenvalue weighted by atomic mass is 16.1. The zero-order valence-corrected chi connectivity index (χ0v) is 11.3. The van der Waals surface area contributed by atoms with Crippen LogP contribution in [0.1, 0.15) is 48.0 Å². The summed E-state index contributed by atoms with van der Waals surface area (Å²) in [6.45, 7) is 2.01.